The maximum atomic E-state index is 12.1. The number of anilines is 1. The Bertz CT molecular complexity index is 632. The Hall–Kier alpha value is -2.30. The van der Waals surface area contributed by atoms with Crippen LogP contribution in [0.2, 0.25) is 0 Å². The largest absolute Gasteiger partial charge is 0.495 e. The minimum Gasteiger partial charge on any atom is -0.495 e. The summed E-state index contributed by atoms with van der Waals surface area (Å²) in [5.41, 5.74) is 3.55. The van der Waals surface area contributed by atoms with Crippen molar-refractivity contribution < 1.29 is 9.53 Å². The van der Waals surface area contributed by atoms with E-state index in [1.165, 1.54) is 0 Å². The first-order valence-corrected chi connectivity index (χ1v) is 6.43. The lowest BCUT2D eigenvalue weighted by Crippen LogP contribution is -2.17. The van der Waals surface area contributed by atoms with E-state index in [-0.39, 0.29) is 12.3 Å². The molecule has 0 atom stereocenters. The average molecular weight is 273 g/mol. The van der Waals surface area contributed by atoms with Gasteiger partial charge in [-0.3, -0.25) is 9.48 Å². The monoisotopic (exact) mass is 273 g/mol. The lowest BCUT2D eigenvalue weighted by atomic mass is 10.2. The summed E-state index contributed by atoms with van der Waals surface area (Å²) in [6.07, 6.45) is 0.286. The molecule has 0 unspecified atom stereocenters. The number of carbonyl (C=O) groups is 1. The second-order valence-electron chi connectivity index (χ2n) is 4.83. The fraction of sp³-hybridized carbons (Fsp3) is 0.333. The molecule has 0 saturated carbocycles. The van der Waals surface area contributed by atoms with Gasteiger partial charge in [0.15, 0.2) is 0 Å². The lowest BCUT2D eigenvalue weighted by molar-refractivity contribution is -0.115. The van der Waals surface area contributed by atoms with Crippen LogP contribution in [0.5, 0.6) is 5.75 Å². The number of nitrogens with one attached hydrogen (secondary N) is 1. The Morgan fingerprint density at radius 2 is 2.10 bits per heavy atom. The van der Waals surface area contributed by atoms with E-state index in [9.17, 15) is 4.79 Å². The molecule has 0 spiro atoms. The minimum absolute atomic E-state index is 0.0862. The number of nitrogens with zero attached hydrogens (tertiary/aromatic N) is 2. The van der Waals surface area contributed by atoms with Gasteiger partial charge in [0.05, 0.1) is 24.9 Å². The van der Waals surface area contributed by atoms with Gasteiger partial charge < -0.3 is 10.1 Å². The number of aryl methyl sites for hydroxylation is 3. The fourth-order valence-electron chi connectivity index (χ4n) is 2.11. The zero-order valence-electron chi connectivity index (χ0n) is 12.2. The number of benzene rings is 1. The average Bonchev–Trinajstić information content (AvgIpc) is 2.68. The first-order valence-electron chi connectivity index (χ1n) is 6.43. The molecule has 0 fully saturated rings. The maximum absolute atomic E-state index is 12.1. The zero-order chi connectivity index (χ0) is 14.7. The van der Waals surface area contributed by atoms with Gasteiger partial charge in [-0.05, 0) is 37.6 Å². The number of hydrogen-bond acceptors (Lipinski definition) is 3. The number of amides is 1. The molecule has 1 N–H and O–H groups in total. The number of carbonyl (C=O) groups excluding carboxylic acids is 1. The summed E-state index contributed by atoms with van der Waals surface area (Å²) >= 11 is 0. The Morgan fingerprint density at radius 1 is 1.35 bits per heavy atom. The quantitative estimate of drug-likeness (QED) is 0.929. The smallest absolute Gasteiger partial charge is 0.230 e. The summed E-state index contributed by atoms with van der Waals surface area (Å²) in [4.78, 5) is 12.1. The van der Waals surface area contributed by atoms with Crippen LogP contribution < -0.4 is 10.1 Å². The molecule has 2 rings (SSSR count). The first-order chi connectivity index (χ1) is 9.49. The summed E-state index contributed by atoms with van der Waals surface area (Å²) in [6.45, 7) is 3.88. The Labute approximate surface area is 118 Å². The van der Waals surface area contributed by atoms with Gasteiger partial charge in [-0.1, -0.05) is 6.07 Å². The highest BCUT2D eigenvalue weighted by Crippen LogP contribution is 2.25. The molecule has 5 heteroatoms. The van der Waals surface area contributed by atoms with Gasteiger partial charge in [-0.15, -0.1) is 0 Å². The van der Waals surface area contributed by atoms with Crippen molar-refractivity contribution in [3.8, 4) is 5.75 Å². The number of rotatable bonds is 4. The van der Waals surface area contributed by atoms with Crippen LogP contribution >= 0.6 is 0 Å². The summed E-state index contributed by atoms with van der Waals surface area (Å²) < 4.78 is 6.97. The molecule has 1 heterocycles. The van der Waals surface area contributed by atoms with Crippen LogP contribution in [0.3, 0.4) is 0 Å². The van der Waals surface area contributed by atoms with Crippen molar-refractivity contribution in [3.63, 3.8) is 0 Å². The van der Waals surface area contributed by atoms with Crippen molar-refractivity contribution in [2.45, 2.75) is 20.3 Å². The van der Waals surface area contributed by atoms with E-state index in [1.54, 1.807) is 11.8 Å². The molecule has 106 valence electrons. The van der Waals surface area contributed by atoms with Crippen LogP contribution in [0.25, 0.3) is 0 Å². The molecule has 5 nitrogen and oxygen atoms in total. The fourth-order valence-corrected chi connectivity index (χ4v) is 2.11. The van der Waals surface area contributed by atoms with Crippen molar-refractivity contribution in [3.05, 3.63) is 41.2 Å². The van der Waals surface area contributed by atoms with E-state index in [1.807, 2.05) is 45.2 Å². The highest BCUT2D eigenvalue weighted by molar-refractivity contribution is 5.93. The number of hydrogen-bond donors (Lipinski definition) is 1. The van der Waals surface area contributed by atoms with Crippen LogP contribution in [0.15, 0.2) is 24.3 Å². The number of ether oxygens (including phenoxy) is 1. The Morgan fingerprint density at radius 3 is 2.70 bits per heavy atom. The van der Waals surface area contributed by atoms with Crippen LogP contribution in [0.4, 0.5) is 5.69 Å². The third-order valence-corrected chi connectivity index (χ3v) is 3.07. The summed E-state index contributed by atoms with van der Waals surface area (Å²) in [7, 11) is 3.42. The molecule has 0 radical (unpaired) electrons. The number of aromatic nitrogens is 2. The van der Waals surface area contributed by atoms with Crippen molar-refractivity contribution >= 4 is 11.6 Å². The van der Waals surface area contributed by atoms with E-state index in [2.05, 4.69) is 10.4 Å². The molecule has 1 aromatic carbocycles. The topological polar surface area (TPSA) is 56.1 Å². The summed E-state index contributed by atoms with van der Waals surface area (Å²) in [6, 6.07) is 7.59. The predicted molar refractivity (Wildman–Crippen MR) is 78.0 cm³/mol. The van der Waals surface area contributed by atoms with Crippen molar-refractivity contribution in [1.29, 1.82) is 0 Å². The predicted octanol–water partition coefficient (Wildman–Crippen LogP) is 2.23. The third-order valence-electron chi connectivity index (χ3n) is 3.07. The lowest BCUT2D eigenvalue weighted by Gasteiger charge is -2.11. The van der Waals surface area contributed by atoms with Crippen molar-refractivity contribution in [1.82, 2.24) is 9.78 Å². The van der Waals surface area contributed by atoms with E-state index in [0.29, 0.717) is 11.4 Å². The van der Waals surface area contributed by atoms with E-state index < -0.39 is 0 Å². The molecule has 2 aromatic rings. The summed E-state index contributed by atoms with van der Waals surface area (Å²) in [5, 5.41) is 7.11. The zero-order valence-corrected chi connectivity index (χ0v) is 12.2. The molecule has 0 aliphatic carbocycles. The third kappa shape index (κ3) is 3.17. The standard InChI is InChI=1S/C15H19N3O2/c1-10-5-6-14(20-4)13(7-10)16-15(19)9-12-8-11(2)17-18(12)3/h5-8H,9H2,1-4H3,(H,16,19). The molecule has 1 amide bonds. The normalized spacial score (nSPS) is 10.4. The molecule has 0 aliphatic heterocycles. The first kappa shape index (κ1) is 14.1. The molecule has 0 saturated heterocycles. The van der Waals surface area contributed by atoms with Gasteiger partial charge in [0.2, 0.25) is 5.91 Å². The van der Waals surface area contributed by atoms with E-state index >= 15 is 0 Å². The van der Waals surface area contributed by atoms with Crippen LogP contribution in [-0.2, 0) is 18.3 Å². The molecule has 0 bridgehead atoms. The maximum Gasteiger partial charge on any atom is 0.230 e. The van der Waals surface area contributed by atoms with Gasteiger partial charge >= 0.3 is 0 Å². The molecule has 0 aliphatic rings. The molecule has 1 aromatic heterocycles. The van der Waals surface area contributed by atoms with Crippen molar-refractivity contribution in [2.24, 2.45) is 7.05 Å². The van der Waals surface area contributed by atoms with Crippen LogP contribution in [0.1, 0.15) is 17.0 Å². The molecule has 20 heavy (non-hydrogen) atoms. The Balaban J connectivity index is 2.12. The van der Waals surface area contributed by atoms with Gasteiger partial charge in [-0.25, -0.2) is 0 Å². The van der Waals surface area contributed by atoms with Gasteiger partial charge in [-0.2, -0.15) is 5.10 Å². The van der Waals surface area contributed by atoms with Gasteiger partial charge in [0, 0.05) is 12.7 Å². The SMILES string of the molecule is COc1ccc(C)cc1NC(=O)Cc1cc(C)nn1C. The molecular formula is C15H19N3O2. The van der Waals surface area contributed by atoms with Crippen LogP contribution in [-0.4, -0.2) is 22.8 Å². The second-order valence-corrected chi connectivity index (χ2v) is 4.83. The van der Waals surface area contributed by atoms with Crippen molar-refractivity contribution in [2.75, 3.05) is 12.4 Å². The van der Waals surface area contributed by atoms with Gasteiger partial charge in [0.25, 0.3) is 0 Å². The van der Waals surface area contributed by atoms with Gasteiger partial charge in [0.1, 0.15) is 5.75 Å². The van der Waals surface area contributed by atoms with E-state index in [0.717, 1.165) is 17.0 Å². The Kier molecular flexibility index (Phi) is 4.08. The van der Waals surface area contributed by atoms with E-state index in [4.69, 9.17) is 4.74 Å². The highest BCUT2D eigenvalue weighted by Gasteiger charge is 2.11. The number of methoxy groups -OCH3 is 1. The summed E-state index contributed by atoms with van der Waals surface area (Å²) in [5.74, 6) is 0.571. The molecular weight excluding hydrogens is 254 g/mol. The highest BCUT2D eigenvalue weighted by atomic mass is 16.5. The second kappa shape index (κ2) is 5.77. The van der Waals surface area contributed by atoms with Crippen LogP contribution in [0, 0.1) is 13.8 Å². The minimum atomic E-state index is -0.0862.